The van der Waals surface area contributed by atoms with E-state index in [1.54, 1.807) is 6.92 Å². The predicted octanol–water partition coefficient (Wildman–Crippen LogP) is 0.827. The highest BCUT2D eigenvalue weighted by atomic mass is 32.2. The highest BCUT2D eigenvalue weighted by Crippen LogP contribution is 2.28. The summed E-state index contributed by atoms with van der Waals surface area (Å²) in [7, 11) is -2.79. The van der Waals surface area contributed by atoms with Crippen LogP contribution in [0.25, 0.3) is 0 Å². The molecule has 0 aromatic rings. The average Bonchev–Trinajstić information content (AvgIpc) is 3.06. The van der Waals surface area contributed by atoms with Gasteiger partial charge in [0.25, 0.3) is 0 Å². The third-order valence-corrected chi connectivity index (χ3v) is 4.51. The normalized spacial score (nSPS) is 16.6. The van der Waals surface area contributed by atoms with Crippen molar-refractivity contribution in [2.45, 2.75) is 26.2 Å². The van der Waals surface area contributed by atoms with E-state index in [2.05, 4.69) is 5.32 Å². The largest absolute Gasteiger partial charge is 0.380 e. The van der Waals surface area contributed by atoms with E-state index in [4.69, 9.17) is 4.74 Å². The SMILES string of the molecule is CCS(=O)(=O)CCCNCCOCC1CC1. The molecule has 1 saturated carbocycles. The molecule has 4 nitrogen and oxygen atoms in total. The standard InChI is InChI=1S/C11H23NO3S/c1-2-16(13,14)9-3-6-12-7-8-15-10-11-4-5-11/h11-12H,2-10H2,1H3. The van der Waals surface area contributed by atoms with Crippen LogP contribution in [0, 0.1) is 5.92 Å². The molecule has 5 heteroatoms. The number of nitrogens with one attached hydrogen (secondary N) is 1. The second-order valence-electron chi connectivity index (χ2n) is 4.36. The molecule has 1 aliphatic carbocycles. The van der Waals surface area contributed by atoms with Crippen LogP contribution in [0.5, 0.6) is 0 Å². The number of hydrogen-bond acceptors (Lipinski definition) is 4. The van der Waals surface area contributed by atoms with Crippen molar-refractivity contribution >= 4 is 9.84 Å². The van der Waals surface area contributed by atoms with Crippen LogP contribution in [0.1, 0.15) is 26.2 Å². The lowest BCUT2D eigenvalue weighted by Gasteiger charge is -2.05. The van der Waals surface area contributed by atoms with Gasteiger partial charge in [-0.05, 0) is 31.7 Å². The molecule has 0 spiro atoms. The fourth-order valence-electron chi connectivity index (χ4n) is 1.37. The zero-order chi connectivity index (χ0) is 11.9. The number of rotatable bonds is 10. The molecule has 16 heavy (non-hydrogen) atoms. The van der Waals surface area contributed by atoms with Crippen LogP contribution in [0.3, 0.4) is 0 Å². The summed E-state index contributed by atoms with van der Waals surface area (Å²) in [6, 6.07) is 0. The highest BCUT2D eigenvalue weighted by Gasteiger charge is 2.20. The van der Waals surface area contributed by atoms with Crippen molar-refractivity contribution in [1.82, 2.24) is 5.32 Å². The van der Waals surface area contributed by atoms with Crippen LogP contribution in [0.4, 0.5) is 0 Å². The Labute approximate surface area is 98.7 Å². The van der Waals surface area contributed by atoms with E-state index in [1.165, 1.54) is 12.8 Å². The predicted molar refractivity (Wildman–Crippen MR) is 65.4 cm³/mol. The van der Waals surface area contributed by atoms with Crippen LogP contribution >= 0.6 is 0 Å². The summed E-state index contributed by atoms with van der Waals surface area (Å²) in [5.41, 5.74) is 0. The Hall–Kier alpha value is -0.130. The minimum absolute atomic E-state index is 0.248. The van der Waals surface area contributed by atoms with E-state index >= 15 is 0 Å². The van der Waals surface area contributed by atoms with Crippen molar-refractivity contribution in [3.63, 3.8) is 0 Å². The van der Waals surface area contributed by atoms with Crippen molar-refractivity contribution in [2.24, 2.45) is 5.92 Å². The molecule has 96 valence electrons. The highest BCUT2D eigenvalue weighted by molar-refractivity contribution is 7.91. The summed E-state index contributed by atoms with van der Waals surface area (Å²) >= 11 is 0. The smallest absolute Gasteiger partial charge is 0.150 e. The van der Waals surface area contributed by atoms with Crippen molar-refractivity contribution in [3.05, 3.63) is 0 Å². The number of sulfone groups is 1. The second kappa shape index (κ2) is 7.25. The lowest BCUT2D eigenvalue weighted by atomic mass is 10.4. The maximum atomic E-state index is 11.2. The number of hydrogen-bond donors (Lipinski definition) is 1. The lowest BCUT2D eigenvalue weighted by molar-refractivity contribution is 0.126. The monoisotopic (exact) mass is 249 g/mol. The molecule has 0 amide bonds. The Kier molecular flexibility index (Phi) is 6.31. The summed E-state index contributed by atoms with van der Waals surface area (Å²) < 4.78 is 27.8. The Balaban J connectivity index is 1.80. The minimum atomic E-state index is -2.79. The first kappa shape index (κ1) is 13.9. The molecule has 1 aliphatic rings. The first-order valence-corrected chi connectivity index (χ1v) is 7.95. The van der Waals surface area contributed by atoms with Crippen molar-refractivity contribution < 1.29 is 13.2 Å². The van der Waals surface area contributed by atoms with E-state index in [9.17, 15) is 8.42 Å². The molecule has 0 bridgehead atoms. The fraction of sp³-hybridized carbons (Fsp3) is 1.00. The zero-order valence-electron chi connectivity index (χ0n) is 10.1. The van der Waals surface area contributed by atoms with Gasteiger partial charge < -0.3 is 10.1 Å². The molecule has 0 radical (unpaired) electrons. The van der Waals surface area contributed by atoms with Gasteiger partial charge in [0.2, 0.25) is 0 Å². The Morgan fingerprint density at radius 3 is 2.69 bits per heavy atom. The molecule has 0 unspecified atom stereocenters. The van der Waals surface area contributed by atoms with Crippen LogP contribution in [-0.2, 0) is 14.6 Å². The van der Waals surface area contributed by atoms with Gasteiger partial charge in [-0.2, -0.15) is 0 Å². The minimum Gasteiger partial charge on any atom is -0.380 e. The van der Waals surface area contributed by atoms with E-state index in [0.717, 1.165) is 32.2 Å². The zero-order valence-corrected chi connectivity index (χ0v) is 10.9. The maximum Gasteiger partial charge on any atom is 0.150 e. The first-order chi connectivity index (χ1) is 7.64. The van der Waals surface area contributed by atoms with Crippen LogP contribution in [0.15, 0.2) is 0 Å². The molecule has 0 atom stereocenters. The summed E-state index contributed by atoms with van der Waals surface area (Å²) in [5.74, 6) is 1.35. The quantitative estimate of drug-likeness (QED) is 0.583. The molecule has 0 aromatic heterocycles. The summed E-state index contributed by atoms with van der Waals surface area (Å²) in [5, 5.41) is 3.19. The Bertz CT molecular complexity index is 273. The van der Waals surface area contributed by atoms with Gasteiger partial charge in [-0.3, -0.25) is 0 Å². The lowest BCUT2D eigenvalue weighted by Crippen LogP contribution is -2.23. The van der Waals surface area contributed by atoms with Gasteiger partial charge in [0.05, 0.1) is 12.4 Å². The van der Waals surface area contributed by atoms with Gasteiger partial charge in [0, 0.05) is 18.9 Å². The van der Waals surface area contributed by atoms with Gasteiger partial charge in [0.15, 0.2) is 0 Å². The molecule has 0 aliphatic heterocycles. The molecule has 1 N–H and O–H groups in total. The second-order valence-corrected chi connectivity index (χ2v) is 6.83. The van der Waals surface area contributed by atoms with Crippen LogP contribution in [0.2, 0.25) is 0 Å². The van der Waals surface area contributed by atoms with E-state index in [0.29, 0.717) is 12.2 Å². The molecule has 1 rings (SSSR count). The van der Waals surface area contributed by atoms with Crippen molar-refractivity contribution in [2.75, 3.05) is 37.8 Å². The molecular formula is C11H23NO3S. The van der Waals surface area contributed by atoms with E-state index in [1.807, 2.05) is 0 Å². The summed E-state index contributed by atoms with van der Waals surface area (Å²) in [6.45, 7) is 4.89. The molecule has 0 aromatic carbocycles. The molecule has 0 saturated heterocycles. The molecular weight excluding hydrogens is 226 g/mol. The topological polar surface area (TPSA) is 55.4 Å². The van der Waals surface area contributed by atoms with Gasteiger partial charge in [-0.25, -0.2) is 8.42 Å². The Morgan fingerprint density at radius 1 is 1.31 bits per heavy atom. The third-order valence-electron chi connectivity index (χ3n) is 2.72. The molecule has 0 heterocycles. The van der Waals surface area contributed by atoms with Crippen molar-refractivity contribution in [3.8, 4) is 0 Å². The van der Waals surface area contributed by atoms with E-state index in [-0.39, 0.29) is 5.75 Å². The van der Waals surface area contributed by atoms with Crippen LogP contribution < -0.4 is 5.32 Å². The van der Waals surface area contributed by atoms with Gasteiger partial charge in [0.1, 0.15) is 9.84 Å². The fourth-order valence-corrected chi connectivity index (χ4v) is 2.24. The first-order valence-electron chi connectivity index (χ1n) is 6.13. The number of ether oxygens (including phenoxy) is 1. The van der Waals surface area contributed by atoms with Crippen LogP contribution in [-0.4, -0.2) is 46.2 Å². The third kappa shape index (κ3) is 7.19. The van der Waals surface area contributed by atoms with Gasteiger partial charge in [-0.15, -0.1) is 0 Å². The summed E-state index contributed by atoms with van der Waals surface area (Å²) in [6.07, 6.45) is 3.34. The Morgan fingerprint density at radius 2 is 2.06 bits per heavy atom. The summed E-state index contributed by atoms with van der Waals surface area (Å²) in [4.78, 5) is 0. The van der Waals surface area contributed by atoms with Gasteiger partial charge >= 0.3 is 0 Å². The average molecular weight is 249 g/mol. The van der Waals surface area contributed by atoms with E-state index < -0.39 is 9.84 Å². The van der Waals surface area contributed by atoms with Crippen molar-refractivity contribution in [1.29, 1.82) is 0 Å². The maximum absolute atomic E-state index is 11.2. The molecule has 1 fully saturated rings. The van der Waals surface area contributed by atoms with Gasteiger partial charge in [-0.1, -0.05) is 6.92 Å².